The molecule has 136 valence electrons. The lowest BCUT2D eigenvalue weighted by Gasteiger charge is -2.19. The Morgan fingerprint density at radius 3 is 2.93 bits per heavy atom. The largest absolute Gasteiger partial charge is 0.492 e. The van der Waals surface area contributed by atoms with E-state index in [0.717, 1.165) is 22.3 Å². The van der Waals surface area contributed by atoms with Gasteiger partial charge in [0.25, 0.3) is 0 Å². The fourth-order valence-corrected chi connectivity index (χ4v) is 3.11. The fourth-order valence-electron chi connectivity index (χ4n) is 2.99. The molecule has 0 bridgehead atoms. The van der Waals surface area contributed by atoms with Gasteiger partial charge in [0, 0.05) is 18.2 Å². The van der Waals surface area contributed by atoms with Gasteiger partial charge in [0.05, 0.1) is 24.6 Å². The predicted octanol–water partition coefficient (Wildman–Crippen LogP) is 4.34. The van der Waals surface area contributed by atoms with Crippen LogP contribution in [0.5, 0.6) is 5.75 Å². The molecule has 3 heterocycles. The van der Waals surface area contributed by atoms with Gasteiger partial charge in [-0.25, -0.2) is 9.97 Å². The molecule has 0 radical (unpaired) electrons. The number of nitriles is 1. The van der Waals surface area contributed by atoms with Crippen molar-refractivity contribution in [2.45, 2.75) is 6.42 Å². The third-order valence-corrected chi connectivity index (χ3v) is 4.81. The van der Waals surface area contributed by atoms with Crippen LogP contribution in [0.15, 0.2) is 48.8 Å². The van der Waals surface area contributed by atoms with Gasteiger partial charge in [0.1, 0.15) is 28.7 Å². The number of hydrogen-bond acceptors (Lipinski definition) is 6. The Balaban J connectivity index is 1.55. The summed E-state index contributed by atoms with van der Waals surface area (Å²) in [6.07, 6.45) is 4.09. The standard InChI is InChI=1S/C20H17ClN4O2/c21-18-4-1-15(10-24-18)25-19-17-3-2-16(9-14(17)5-7-23-19)27-13-20(11-22)6-8-26-12-20/h1-5,7,9-10H,6,8,12-13H2,(H,23,25)/t20-/m1/s1. The monoisotopic (exact) mass is 380 g/mol. The van der Waals surface area contributed by atoms with E-state index < -0.39 is 5.41 Å². The van der Waals surface area contributed by atoms with E-state index in [1.165, 1.54) is 0 Å². The molecule has 2 aromatic heterocycles. The minimum atomic E-state index is -0.554. The van der Waals surface area contributed by atoms with Gasteiger partial charge >= 0.3 is 0 Å². The van der Waals surface area contributed by atoms with E-state index in [0.29, 0.717) is 37.1 Å². The van der Waals surface area contributed by atoms with E-state index in [1.807, 2.05) is 30.3 Å². The number of benzene rings is 1. The van der Waals surface area contributed by atoms with E-state index >= 15 is 0 Å². The third kappa shape index (κ3) is 3.80. The van der Waals surface area contributed by atoms with Crippen molar-refractivity contribution in [3.63, 3.8) is 0 Å². The molecule has 1 N–H and O–H groups in total. The molecule has 0 amide bonds. The van der Waals surface area contributed by atoms with Crippen molar-refractivity contribution < 1.29 is 9.47 Å². The Labute approximate surface area is 161 Å². The molecule has 0 unspecified atom stereocenters. The van der Waals surface area contributed by atoms with Crippen LogP contribution in [0.1, 0.15) is 6.42 Å². The molecule has 0 saturated carbocycles. The molecule has 4 rings (SSSR count). The second-order valence-electron chi connectivity index (χ2n) is 6.52. The molecule has 0 aliphatic carbocycles. The molecule has 1 aliphatic heterocycles. The maximum atomic E-state index is 9.42. The van der Waals surface area contributed by atoms with Crippen LogP contribution < -0.4 is 10.1 Å². The maximum Gasteiger partial charge on any atom is 0.138 e. The first kappa shape index (κ1) is 17.5. The van der Waals surface area contributed by atoms with Gasteiger partial charge in [-0.2, -0.15) is 5.26 Å². The van der Waals surface area contributed by atoms with Crippen LogP contribution in [0.25, 0.3) is 10.8 Å². The normalized spacial score (nSPS) is 19.0. The number of fused-ring (bicyclic) bond motifs is 1. The van der Waals surface area contributed by atoms with E-state index in [9.17, 15) is 5.26 Å². The van der Waals surface area contributed by atoms with Crippen LogP contribution in [-0.2, 0) is 4.74 Å². The number of nitrogens with one attached hydrogen (secondary N) is 1. The van der Waals surface area contributed by atoms with Crippen molar-refractivity contribution in [1.82, 2.24) is 9.97 Å². The highest BCUT2D eigenvalue weighted by atomic mass is 35.5. The van der Waals surface area contributed by atoms with Crippen LogP contribution in [0.3, 0.4) is 0 Å². The van der Waals surface area contributed by atoms with Gasteiger partial charge in [-0.3, -0.25) is 0 Å². The Hall–Kier alpha value is -2.88. The van der Waals surface area contributed by atoms with Gasteiger partial charge in [-0.05, 0) is 48.2 Å². The third-order valence-electron chi connectivity index (χ3n) is 4.58. The highest BCUT2D eigenvalue weighted by Gasteiger charge is 2.36. The van der Waals surface area contributed by atoms with Crippen LogP contribution in [0.2, 0.25) is 5.15 Å². The average Bonchev–Trinajstić information content (AvgIpc) is 3.18. The number of halogens is 1. The Morgan fingerprint density at radius 1 is 1.26 bits per heavy atom. The Bertz CT molecular complexity index is 995. The summed E-state index contributed by atoms with van der Waals surface area (Å²) in [6.45, 7) is 1.35. The van der Waals surface area contributed by atoms with Crippen LogP contribution in [-0.4, -0.2) is 29.8 Å². The minimum Gasteiger partial charge on any atom is -0.492 e. The number of hydrogen-bond donors (Lipinski definition) is 1. The predicted molar refractivity (Wildman–Crippen MR) is 103 cm³/mol. The second-order valence-corrected chi connectivity index (χ2v) is 6.91. The maximum absolute atomic E-state index is 9.42. The number of rotatable bonds is 5. The lowest BCUT2D eigenvalue weighted by atomic mass is 9.90. The van der Waals surface area contributed by atoms with Gasteiger partial charge in [-0.1, -0.05) is 11.6 Å². The summed E-state index contributed by atoms with van der Waals surface area (Å²) in [5.74, 6) is 1.44. The smallest absolute Gasteiger partial charge is 0.138 e. The summed E-state index contributed by atoms with van der Waals surface area (Å²) in [5.41, 5.74) is 0.249. The molecular formula is C20H17ClN4O2. The van der Waals surface area contributed by atoms with Crippen LogP contribution in [0.4, 0.5) is 11.5 Å². The first-order valence-electron chi connectivity index (χ1n) is 8.57. The summed E-state index contributed by atoms with van der Waals surface area (Å²) in [4.78, 5) is 8.48. The van der Waals surface area contributed by atoms with E-state index in [2.05, 4.69) is 21.4 Å². The number of pyridine rings is 2. The summed E-state index contributed by atoms with van der Waals surface area (Å²) in [7, 11) is 0. The molecule has 3 aromatic rings. The summed E-state index contributed by atoms with van der Waals surface area (Å²) in [5, 5.41) is 15.1. The Morgan fingerprint density at radius 2 is 2.19 bits per heavy atom. The molecular weight excluding hydrogens is 364 g/mol. The van der Waals surface area contributed by atoms with E-state index in [-0.39, 0.29) is 0 Å². The highest BCUT2D eigenvalue weighted by molar-refractivity contribution is 6.29. The Kier molecular flexibility index (Phi) is 4.80. The SMILES string of the molecule is N#C[C@]1(COc2ccc3c(Nc4ccc(Cl)nc4)nccc3c2)CCOC1. The fraction of sp³-hybridized carbons (Fsp3) is 0.250. The molecule has 0 spiro atoms. The molecule has 1 saturated heterocycles. The molecule has 7 heteroatoms. The van der Waals surface area contributed by atoms with E-state index in [1.54, 1.807) is 18.5 Å². The highest BCUT2D eigenvalue weighted by Crippen LogP contribution is 2.31. The summed E-state index contributed by atoms with van der Waals surface area (Å²) in [6, 6.07) is 13.6. The van der Waals surface area contributed by atoms with Crippen LogP contribution in [0, 0.1) is 16.7 Å². The molecule has 27 heavy (non-hydrogen) atoms. The lowest BCUT2D eigenvalue weighted by Crippen LogP contribution is -2.27. The zero-order valence-electron chi connectivity index (χ0n) is 14.5. The van der Waals surface area contributed by atoms with Gasteiger partial charge in [0.15, 0.2) is 0 Å². The number of nitrogens with zero attached hydrogens (tertiary/aromatic N) is 3. The molecule has 6 nitrogen and oxygen atoms in total. The average molecular weight is 381 g/mol. The lowest BCUT2D eigenvalue weighted by molar-refractivity contribution is 0.139. The van der Waals surface area contributed by atoms with Gasteiger partial charge < -0.3 is 14.8 Å². The second kappa shape index (κ2) is 7.39. The number of anilines is 2. The quantitative estimate of drug-likeness (QED) is 0.663. The van der Waals surface area contributed by atoms with Crippen molar-refractivity contribution in [2.24, 2.45) is 5.41 Å². The van der Waals surface area contributed by atoms with Gasteiger partial charge in [-0.15, -0.1) is 0 Å². The van der Waals surface area contributed by atoms with E-state index in [4.69, 9.17) is 21.1 Å². The molecule has 1 atom stereocenters. The van der Waals surface area contributed by atoms with Crippen molar-refractivity contribution in [3.05, 3.63) is 53.9 Å². The zero-order valence-corrected chi connectivity index (χ0v) is 15.2. The molecule has 1 aromatic carbocycles. The van der Waals surface area contributed by atoms with Gasteiger partial charge in [0.2, 0.25) is 0 Å². The molecule has 1 fully saturated rings. The topological polar surface area (TPSA) is 80.1 Å². The van der Waals surface area contributed by atoms with Crippen molar-refractivity contribution in [3.8, 4) is 11.8 Å². The van der Waals surface area contributed by atoms with Crippen molar-refractivity contribution in [1.29, 1.82) is 5.26 Å². The minimum absolute atomic E-state index is 0.321. The summed E-state index contributed by atoms with van der Waals surface area (Å²) < 4.78 is 11.3. The van der Waals surface area contributed by atoms with Crippen molar-refractivity contribution >= 4 is 33.9 Å². The number of ether oxygens (including phenoxy) is 2. The zero-order chi connectivity index (χ0) is 18.7. The van der Waals surface area contributed by atoms with Crippen molar-refractivity contribution in [2.75, 3.05) is 25.1 Å². The summed E-state index contributed by atoms with van der Waals surface area (Å²) >= 11 is 5.83. The molecule has 1 aliphatic rings. The number of aromatic nitrogens is 2. The first-order chi connectivity index (χ1) is 13.2. The first-order valence-corrected chi connectivity index (χ1v) is 8.94. The van der Waals surface area contributed by atoms with Crippen LogP contribution >= 0.6 is 11.6 Å².